The lowest BCUT2D eigenvalue weighted by molar-refractivity contribution is -0.118. The summed E-state index contributed by atoms with van der Waals surface area (Å²) < 4.78 is 11.1. The molecule has 6 nitrogen and oxygen atoms in total. The Hall–Kier alpha value is -2.57. The maximum absolute atomic E-state index is 11.5. The zero-order valence-electron chi connectivity index (χ0n) is 12.4. The number of nitrogens with one attached hydrogen (secondary N) is 1. The minimum Gasteiger partial charge on any atom is -0.489 e. The van der Waals surface area contributed by atoms with Gasteiger partial charge in [-0.1, -0.05) is 30.3 Å². The van der Waals surface area contributed by atoms with Crippen molar-refractivity contribution < 1.29 is 24.5 Å². The van der Waals surface area contributed by atoms with Crippen LogP contribution in [0.5, 0.6) is 11.5 Å². The van der Waals surface area contributed by atoms with Crippen molar-refractivity contribution in [2.45, 2.75) is 12.7 Å². The van der Waals surface area contributed by atoms with Crippen molar-refractivity contribution in [3.8, 4) is 11.5 Å². The van der Waals surface area contributed by atoms with Crippen molar-refractivity contribution in [3.63, 3.8) is 0 Å². The van der Waals surface area contributed by atoms with E-state index in [0.29, 0.717) is 29.4 Å². The molecule has 1 amide bonds. The summed E-state index contributed by atoms with van der Waals surface area (Å²) in [6.07, 6.45) is -1.11. The van der Waals surface area contributed by atoms with Gasteiger partial charge in [-0.15, -0.1) is 0 Å². The summed E-state index contributed by atoms with van der Waals surface area (Å²) in [5.74, 6) is 0.557. The van der Waals surface area contributed by atoms with Gasteiger partial charge in [0, 0.05) is 11.6 Å². The molecule has 0 spiro atoms. The molecule has 6 heteroatoms. The highest BCUT2D eigenvalue weighted by Gasteiger charge is 2.24. The Morgan fingerprint density at radius 1 is 1.26 bits per heavy atom. The molecule has 2 aromatic carbocycles. The number of amides is 1. The lowest BCUT2D eigenvalue weighted by Crippen LogP contribution is -2.26. The standard InChI is InChI=1S/C17H17NO5/c19-8-15(20)13-6-12(22-9-11-4-2-1-3-5-11)7-14-17(13)23-10-16(21)18-14/h1-7,15,19-20H,8-10H2,(H,18,21)/t15-/m0/s1. The van der Waals surface area contributed by atoms with Crippen molar-refractivity contribution >= 4 is 11.6 Å². The molecule has 0 saturated carbocycles. The van der Waals surface area contributed by atoms with Crippen molar-refractivity contribution in [3.05, 3.63) is 53.6 Å². The quantitative estimate of drug-likeness (QED) is 0.780. The highest BCUT2D eigenvalue weighted by Crippen LogP contribution is 2.39. The van der Waals surface area contributed by atoms with Crippen LogP contribution >= 0.6 is 0 Å². The average molecular weight is 315 g/mol. The Kier molecular flexibility index (Phi) is 4.45. The van der Waals surface area contributed by atoms with Gasteiger partial charge in [0.25, 0.3) is 5.91 Å². The molecule has 1 aliphatic heterocycles. The van der Waals surface area contributed by atoms with Crippen molar-refractivity contribution in [1.29, 1.82) is 0 Å². The van der Waals surface area contributed by atoms with Gasteiger partial charge in [-0.2, -0.15) is 0 Å². The van der Waals surface area contributed by atoms with E-state index in [9.17, 15) is 15.0 Å². The monoisotopic (exact) mass is 315 g/mol. The fourth-order valence-corrected chi connectivity index (χ4v) is 2.37. The lowest BCUT2D eigenvalue weighted by atomic mass is 10.1. The summed E-state index contributed by atoms with van der Waals surface area (Å²) in [4.78, 5) is 11.5. The molecule has 1 atom stereocenters. The van der Waals surface area contributed by atoms with Crippen LogP contribution in [0, 0.1) is 0 Å². The second-order valence-corrected chi connectivity index (χ2v) is 5.20. The molecule has 0 bridgehead atoms. The predicted molar refractivity (Wildman–Crippen MR) is 83.4 cm³/mol. The van der Waals surface area contributed by atoms with Gasteiger partial charge in [0.1, 0.15) is 24.2 Å². The highest BCUT2D eigenvalue weighted by molar-refractivity contribution is 5.96. The van der Waals surface area contributed by atoms with Crippen LogP contribution in [0.25, 0.3) is 0 Å². The van der Waals surface area contributed by atoms with Gasteiger partial charge >= 0.3 is 0 Å². The molecule has 0 aromatic heterocycles. The minimum atomic E-state index is -1.11. The lowest BCUT2D eigenvalue weighted by Gasteiger charge is -2.23. The first-order chi connectivity index (χ1) is 11.2. The third kappa shape index (κ3) is 3.44. The van der Waals surface area contributed by atoms with Crippen LogP contribution in [-0.2, 0) is 11.4 Å². The summed E-state index contributed by atoms with van der Waals surface area (Å²) in [6.45, 7) is -0.225. The molecule has 3 rings (SSSR count). The van der Waals surface area contributed by atoms with Crippen molar-refractivity contribution in [2.75, 3.05) is 18.5 Å². The maximum Gasteiger partial charge on any atom is 0.262 e. The molecular weight excluding hydrogens is 298 g/mol. The number of benzene rings is 2. The second-order valence-electron chi connectivity index (χ2n) is 5.20. The first-order valence-electron chi connectivity index (χ1n) is 7.23. The van der Waals surface area contributed by atoms with Crippen molar-refractivity contribution in [2.24, 2.45) is 0 Å². The predicted octanol–water partition coefficient (Wildman–Crippen LogP) is 1.62. The van der Waals surface area contributed by atoms with E-state index >= 15 is 0 Å². The third-order valence-electron chi connectivity index (χ3n) is 3.49. The van der Waals surface area contributed by atoms with Gasteiger partial charge in [-0.25, -0.2) is 0 Å². The van der Waals surface area contributed by atoms with Crippen molar-refractivity contribution in [1.82, 2.24) is 0 Å². The number of fused-ring (bicyclic) bond motifs is 1. The summed E-state index contributed by atoms with van der Waals surface area (Å²) in [7, 11) is 0. The Labute approximate surface area is 133 Å². The molecule has 0 unspecified atom stereocenters. The highest BCUT2D eigenvalue weighted by atomic mass is 16.5. The van der Waals surface area contributed by atoms with E-state index in [1.807, 2.05) is 30.3 Å². The topological polar surface area (TPSA) is 88.0 Å². The SMILES string of the molecule is O=C1COc2c(cc(OCc3ccccc3)cc2[C@@H](O)CO)N1. The average Bonchev–Trinajstić information content (AvgIpc) is 2.59. The Morgan fingerprint density at radius 2 is 2.04 bits per heavy atom. The molecule has 0 aliphatic carbocycles. The molecule has 120 valence electrons. The molecule has 0 saturated heterocycles. The molecule has 2 aromatic rings. The smallest absolute Gasteiger partial charge is 0.262 e. The minimum absolute atomic E-state index is 0.123. The first kappa shape index (κ1) is 15.3. The van der Waals surface area contributed by atoms with Crippen LogP contribution in [0.4, 0.5) is 5.69 Å². The number of rotatable bonds is 5. The number of hydrogen-bond acceptors (Lipinski definition) is 5. The summed E-state index contributed by atoms with van der Waals surface area (Å²) in [6, 6.07) is 12.9. The molecular formula is C17H17NO5. The van der Waals surface area contributed by atoms with Crippen LogP contribution in [0.1, 0.15) is 17.2 Å². The zero-order valence-corrected chi connectivity index (χ0v) is 12.4. The third-order valence-corrected chi connectivity index (χ3v) is 3.49. The molecule has 0 radical (unpaired) electrons. The fourth-order valence-electron chi connectivity index (χ4n) is 2.37. The van der Waals surface area contributed by atoms with Gasteiger partial charge in [-0.05, 0) is 11.6 Å². The van der Waals surface area contributed by atoms with E-state index in [1.54, 1.807) is 12.1 Å². The van der Waals surface area contributed by atoms with E-state index in [4.69, 9.17) is 9.47 Å². The maximum atomic E-state index is 11.5. The van der Waals surface area contributed by atoms with Gasteiger partial charge in [0.05, 0.1) is 12.3 Å². The summed E-state index contributed by atoms with van der Waals surface area (Å²) in [5.41, 5.74) is 1.80. The van der Waals surface area contributed by atoms with E-state index < -0.39 is 12.7 Å². The fraction of sp³-hybridized carbons (Fsp3) is 0.235. The zero-order chi connectivity index (χ0) is 16.2. The van der Waals surface area contributed by atoms with Crippen LogP contribution < -0.4 is 14.8 Å². The van der Waals surface area contributed by atoms with Gasteiger partial charge in [0.15, 0.2) is 6.61 Å². The number of carbonyl (C=O) groups is 1. The number of hydrogen-bond donors (Lipinski definition) is 3. The second kappa shape index (κ2) is 6.68. The largest absolute Gasteiger partial charge is 0.489 e. The van der Waals surface area contributed by atoms with Gasteiger partial charge in [0.2, 0.25) is 0 Å². The van der Waals surface area contributed by atoms with E-state index in [0.717, 1.165) is 5.56 Å². The molecule has 0 fully saturated rings. The number of aliphatic hydroxyl groups excluding tert-OH is 2. The Bertz CT molecular complexity index is 702. The Balaban J connectivity index is 1.88. The summed E-state index contributed by atoms with van der Waals surface area (Å²) >= 11 is 0. The molecule has 1 aliphatic rings. The van der Waals surface area contributed by atoms with Crippen LogP contribution in [0.3, 0.4) is 0 Å². The number of carbonyl (C=O) groups excluding carboxylic acids is 1. The van der Waals surface area contributed by atoms with E-state index in [2.05, 4.69) is 5.32 Å². The normalized spacial score (nSPS) is 14.4. The van der Waals surface area contributed by atoms with Crippen LogP contribution in [0.2, 0.25) is 0 Å². The van der Waals surface area contributed by atoms with Gasteiger partial charge < -0.3 is 25.0 Å². The molecule has 3 N–H and O–H groups in total. The number of anilines is 1. The van der Waals surface area contributed by atoms with Crippen LogP contribution in [-0.4, -0.2) is 29.3 Å². The van der Waals surface area contributed by atoms with E-state index in [-0.39, 0.29) is 12.5 Å². The number of ether oxygens (including phenoxy) is 2. The summed E-state index contributed by atoms with van der Waals surface area (Å²) in [5, 5.41) is 21.9. The van der Waals surface area contributed by atoms with Gasteiger partial charge in [-0.3, -0.25) is 4.79 Å². The first-order valence-corrected chi connectivity index (χ1v) is 7.23. The number of aliphatic hydroxyl groups is 2. The van der Waals surface area contributed by atoms with E-state index in [1.165, 1.54) is 0 Å². The molecule has 23 heavy (non-hydrogen) atoms. The molecule has 1 heterocycles. The van der Waals surface area contributed by atoms with Crippen LogP contribution in [0.15, 0.2) is 42.5 Å². The Morgan fingerprint density at radius 3 is 2.78 bits per heavy atom.